The van der Waals surface area contributed by atoms with Gasteiger partial charge in [-0.1, -0.05) is 13.8 Å². The molecule has 14 heavy (non-hydrogen) atoms. The van der Waals surface area contributed by atoms with Crippen LogP contribution in [0.1, 0.15) is 13.8 Å². The fourth-order valence-electron chi connectivity index (χ4n) is 1.20. The number of hydrogen-bond donors (Lipinski definition) is 0. The molecule has 3 nitrogen and oxygen atoms in total. The first-order valence-corrected chi connectivity index (χ1v) is 4.70. The highest BCUT2D eigenvalue weighted by atomic mass is 16.1. The second-order valence-electron chi connectivity index (χ2n) is 2.65. The summed E-state index contributed by atoms with van der Waals surface area (Å²) in [6.07, 6.45) is 1.68. The molecule has 0 radical (unpaired) electrons. The number of pyridine rings is 2. The summed E-state index contributed by atoms with van der Waals surface area (Å²) in [5, 5.41) is 0.986. The molecule has 0 atom stereocenters. The topological polar surface area (TPSA) is 34.9 Å². The van der Waals surface area contributed by atoms with E-state index >= 15 is 0 Å². The van der Waals surface area contributed by atoms with Gasteiger partial charge in [-0.3, -0.25) is 9.36 Å². The van der Waals surface area contributed by atoms with Gasteiger partial charge >= 0.3 is 0 Å². The van der Waals surface area contributed by atoms with Crippen LogP contribution >= 0.6 is 0 Å². The summed E-state index contributed by atoms with van der Waals surface area (Å²) >= 11 is 0. The lowest BCUT2D eigenvalue weighted by atomic mass is 10.3. The zero-order valence-electron chi connectivity index (χ0n) is 8.69. The molecule has 0 spiro atoms. The molecule has 0 fully saturated rings. The Labute approximate surface area is 83.0 Å². The van der Waals surface area contributed by atoms with Crippen molar-refractivity contribution in [3.05, 3.63) is 40.8 Å². The van der Waals surface area contributed by atoms with E-state index in [0.29, 0.717) is 0 Å². The largest absolute Gasteiger partial charge is 0.296 e. The van der Waals surface area contributed by atoms with Crippen molar-refractivity contribution < 1.29 is 0 Å². The molecule has 2 rings (SSSR count). The first-order chi connectivity index (χ1) is 6.79. The van der Waals surface area contributed by atoms with E-state index in [1.165, 1.54) is 4.57 Å². The predicted octanol–water partition coefficient (Wildman–Crippen LogP) is 1.96. The number of fused-ring (bicyclic) bond motifs is 1. The molecule has 2 aromatic rings. The highest BCUT2D eigenvalue weighted by molar-refractivity contribution is 5.74. The lowest BCUT2D eigenvalue weighted by Crippen LogP contribution is -2.15. The van der Waals surface area contributed by atoms with E-state index in [2.05, 4.69) is 4.98 Å². The molecule has 0 saturated carbocycles. The van der Waals surface area contributed by atoms with Gasteiger partial charge in [0.05, 0.1) is 0 Å². The van der Waals surface area contributed by atoms with E-state index in [4.69, 9.17) is 0 Å². The van der Waals surface area contributed by atoms with Crippen LogP contribution < -0.4 is 5.56 Å². The second kappa shape index (κ2) is 4.56. The average Bonchev–Trinajstić information content (AvgIpc) is 2.27. The lowest BCUT2D eigenvalue weighted by Gasteiger charge is -2.00. The van der Waals surface area contributed by atoms with Gasteiger partial charge in [-0.2, -0.15) is 0 Å². The molecule has 74 valence electrons. The Morgan fingerprint density at radius 2 is 1.93 bits per heavy atom. The number of aryl methyl sites for hydroxylation is 1. The molecule has 0 unspecified atom stereocenters. The van der Waals surface area contributed by atoms with Crippen molar-refractivity contribution >= 4 is 11.0 Å². The maximum atomic E-state index is 11.2. The average molecular weight is 190 g/mol. The van der Waals surface area contributed by atoms with Gasteiger partial charge < -0.3 is 0 Å². The quantitative estimate of drug-likeness (QED) is 0.636. The van der Waals surface area contributed by atoms with E-state index in [1.807, 2.05) is 26.0 Å². The Morgan fingerprint density at radius 3 is 2.64 bits per heavy atom. The molecular formula is C11H14N2O. The first-order valence-electron chi connectivity index (χ1n) is 4.70. The van der Waals surface area contributed by atoms with Crippen LogP contribution in [0.3, 0.4) is 0 Å². The zero-order chi connectivity index (χ0) is 10.6. The van der Waals surface area contributed by atoms with Crippen molar-refractivity contribution in [1.29, 1.82) is 0 Å². The summed E-state index contributed by atoms with van der Waals surface area (Å²) in [6, 6.07) is 7.11. The first kappa shape index (κ1) is 10.4. The van der Waals surface area contributed by atoms with Crippen LogP contribution in [0.15, 0.2) is 35.3 Å². The maximum absolute atomic E-state index is 11.2. The van der Waals surface area contributed by atoms with Crippen molar-refractivity contribution in [3.63, 3.8) is 0 Å². The Balaban J connectivity index is 0.000000461. The Morgan fingerprint density at radius 1 is 1.21 bits per heavy atom. The van der Waals surface area contributed by atoms with Crippen molar-refractivity contribution in [1.82, 2.24) is 9.55 Å². The van der Waals surface area contributed by atoms with Crippen LogP contribution in [0.25, 0.3) is 11.0 Å². The fraction of sp³-hybridized carbons (Fsp3) is 0.273. The van der Waals surface area contributed by atoms with Gasteiger partial charge in [0.25, 0.3) is 5.56 Å². The van der Waals surface area contributed by atoms with Gasteiger partial charge in [0.1, 0.15) is 5.65 Å². The summed E-state index contributed by atoms with van der Waals surface area (Å²) in [4.78, 5) is 15.3. The molecule has 0 aliphatic rings. The molecular weight excluding hydrogens is 176 g/mol. The van der Waals surface area contributed by atoms with E-state index in [9.17, 15) is 4.79 Å². The fourth-order valence-corrected chi connectivity index (χ4v) is 1.20. The molecule has 3 heteroatoms. The van der Waals surface area contributed by atoms with E-state index in [-0.39, 0.29) is 5.56 Å². The van der Waals surface area contributed by atoms with Crippen molar-refractivity contribution in [2.45, 2.75) is 13.8 Å². The third-order valence-electron chi connectivity index (χ3n) is 1.87. The van der Waals surface area contributed by atoms with E-state index < -0.39 is 0 Å². The highest BCUT2D eigenvalue weighted by Gasteiger charge is 1.96. The number of aromatic nitrogens is 2. The van der Waals surface area contributed by atoms with Gasteiger partial charge in [0, 0.05) is 24.7 Å². The van der Waals surface area contributed by atoms with E-state index in [1.54, 1.807) is 25.4 Å². The van der Waals surface area contributed by atoms with Gasteiger partial charge in [-0.25, -0.2) is 4.98 Å². The Bertz CT molecular complexity index is 474. The monoisotopic (exact) mass is 190 g/mol. The highest BCUT2D eigenvalue weighted by Crippen LogP contribution is 2.05. The Kier molecular flexibility index (Phi) is 3.40. The minimum Gasteiger partial charge on any atom is -0.296 e. The van der Waals surface area contributed by atoms with E-state index in [0.717, 1.165) is 11.0 Å². The third kappa shape index (κ3) is 1.82. The predicted molar refractivity (Wildman–Crippen MR) is 58.3 cm³/mol. The SMILES string of the molecule is CC.Cn1c(=O)ccc2cccnc21. The third-order valence-corrected chi connectivity index (χ3v) is 1.87. The van der Waals surface area contributed by atoms with Crippen LogP contribution in [0.4, 0.5) is 0 Å². The maximum Gasteiger partial charge on any atom is 0.251 e. The van der Waals surface area contributed by atoms with Crippen molar-refractivity contribution in [2.24, 2.45) is 7.05 Å². The summed E-state index contributed by atoms with van der Waals surface area (Å²) in [5.74, 6) is 0. The summed E-state index contributed by atoms with van der Waals surface area (Å²) in [6.45, 7) is 4.00. The van der Waals surface area contributed by atoms with Gasteiger partial charge in [-0.05, 0) is 18.2 Å². The molecule has 2 aromatic heterocycles. The Hall–Kier alpha value is -1.64. The van der Waals surface area contributed by atoms with Gasteiger partial charge in [0.15, 0.2) is 0 Å². The van der Waals surface area contributed by atoms with Crippen LogP contribution in [-0.2, 0) is 7.05 Å². The van der Waals surface area contributed by atoms with Crippen LogP contribution in [0, 0.1) is 0 Å². The minimum atomic E-state index is -0.0267. The summed E-state index contributed by atoms with van der Waals surface area (Å²) in [5.41, 5.74) is 0.700. The molecule has 0 bridgehead atoms. The lowest BCUT2D eigenvalue weighted by molar-refractivity contribution is 0.888. The minimum absolute atomic E-state index is 0.0267. The number of hydrogen-bond acceptors (Lipinski definition) is 2. The molecule has 0 saturated heterocycles. The molecule has 0 aliphatic carbocycles. The van der Waals surface area contributed by atoms with Gasteiger partial charge in [0.2, 0.25) is 0 Å². The van der Waals surface area contributed by atoms with Gasteiger partial charge in [-0.15, -0.1) is 0 Å². The summed E-state index contributed by atoms with van der Waals surface area (Å²) in [7, 11) is 1.72. The summed E-state index contributed by atoms with van der Waals surface area (Å²) < 4.78 is 1.54. The standard InChI is InChI=1S/C9H8N2O.C2H6/c1-11-8(12)5-4-7-3-2-6-10-9(7)11;1-2/h2-6H,1H3;1-2H3. The smallest absolute Gasteiger partial charge is 0.251 e. The molecule has 0 N–H and O–H groups in total. The molecule has 0 aliphatic heterocycles. The van der Waals surface area contributed by atoms with Crippen molar-refractivity contribution in [3.8, 4) is 0 Å². The van der Waals surface area contributed by atoms with Crippen LogP contribution in [-0.4, -0.2) is 9.55 Å². The van der Waals surface area contributed by atoms with Crippen molar-refractivity contribution in [2.75, 3.05) is 0 Å². The van der Waals surface area contributed by atoms with Crippen LogP contribution in [0.2, 0.25) is 0 Å². The number of rotatable bonds is 0. The van der Waals surface area contributed by atoms with Crippen LogP contribution in [0.5, 0.6) is 0 Å². The normalized spacial score (nSPS) is 9.36. The molecule has 0 amide bonds. The number of nitrogens with zero attached hydrogens (tertiary/aromatic N) is 2. The molecule has 0 aromatic carbocycles. The molecule has 2 heterocycles. The zero-order valence-corrected chi connectivity index (χ0v) is 8.69. The second-order valence-corrected chi connectivity index (χ2v) is 2.65.